The zero-order valence-corrected chi connectivity index (χ0v) is 30.5. The van der Waals surface area contributed by atoms with Crippen LogP contribution in [0.1, 0.15) is 47.9 Å². The molecular weight excluding hydrogens is 676 g/mol. The average Bonchev–Trinajstić information content (AvgIpc) is 3.07. The van der Waals surface area contributed by atoms with Gasteiger partial charge in [0.1, 0.15) is 0 Å². The quantitative estimate of drug-likeness (QED) is 0.437. The second-order valence-electron chi connectivity index (χ2n) is 14.7. The summed E-state index contributed by atoms with van der Waals surface area (Å²) in [5, 5.41) is 24.0. The molecule has 0 spiro atoms. The van der Waals surface area contributed by atoms with E-state index >= 15 is 0 Å². The number of carbonyl (C=O) groups is 2. The molecule has 4 aliphatic carbocycles. The lowest BCUT2D eigenvalue weighted by Gasteiger charge is -2.57. The van der Waals surface area contributed by atoms with E-state index in [0.717, 1.165) is 46.5 Å². The minimum absolute atomic E-state index is 0. The van der Waals surface area contributed by atoms with Gasteiger partial charge in [-0.2, -0.15) is 0 Å². The molecule has 6 aliphatic rings. The summed E-state index contributed by atoms with van der Waals surface area (Å²) in [6.07, 6.45) is 7.11. The molecule has 286 valence electrons. The zero-order valence-electron chi connectivity index (χ0n) is 30.5. The van der Waals surface area contributed by atoms with E-state index in [2.05, 4.69) is 23.9 Å². The van der Waals surface area contributed by atoms with Gasteiger partial charge in [0.25, 0.3) is 0 Å². The Morgan fingerprint density at radius 2 is 1.00 bits per heavy atom. The van der Waals surface area contributed by atoms with Crippen LogP contribution in [0.4, 0.5) is 0 Å². The van der Waals surface area contributed by atoms with Gasteiger partial charge in [-0.25, -0.2) is 0 Å². The number of fused-ring (bicyclic) bond motifs is 2. The van der Waals surface area contributed by atoms with Gasteiger partial charge < -0.3 is 60.9 Å². The van der Waals surface area contributed by atoms with Gasteiger partial charge in [0.15, 0.2) is 46.1 Å². The van der Waals surface area contributed by atoms with Crippen LogP contribution in [0.3, 0.4) is 0 Å². The van der Waals surface area contributed by atoms with E-state index in [1.807, 2.05) is 24.3 Å². The molecule has 2 heterocycles. The van der Waals surface area contributed by atoms with E-state index in [-0.39, 0.29) is 81.7 Å². The van der Waals surface area contributed by atoms with Gasteiger partial charge in [-0.15, -0.1) is 0 Å². The van der Waals surface area contributed by atoms with Crippen LogP contribution in [-0.4, -0.2) is 121 Å². The van der Waals surface area contributed by atoms with Gasteiger partial charge in [-0.05, 0) is 99.4 Å². The third kappa shape index (κ3) is 5.14. The first-order chi connectivity index (χ1) is 23.0. The Hall–Kier alpha value is -4.18. The molecule has 2 aromatic rings. The Labute approximate surface area is 302 Å². The summed E-state index contributed by atoms with van der Waals surface area (Å²) < 4.78 is 22.8. The largest absolute Gasteiger partial charge is 0.504 e. The number of hydrogen-bond acceptors (Lipinski definition) is 10. The fraction of sp³-hybridized carbons (Fsp3) is 0.526. The van der Waals surface area contributed by atoms with Gasteiger partial charge in [0, 0.05) is 58.7 Å². The lowest BCUT2D eigenvalue weighted by Crippen LogP contribution is -2.60. The van der Waals surface area contributed by atoms with Crippen molar-refractivity contribution in [3.05, 3.63) is 58.1 Å². The lowest BCUT2D eigenvalue weighted by atomic mass is 9.52. The SMILES string of the molecule is COC1=C[C@@H]2[C@@H]3Cc4c(-c5cc(OC)c(O)c6c5C[C@H]5[C@H]7C=C(OC)C(=O)C[C@@]67CCN5C)cc(OC)c(O)c4[C@]2(CCN3C)CC1=O.O.O.O.O. The first-order valence-corrected chi connectivity index (χ1v) is 16.9. The summed E-state index contributed by atoms with van der Waals surface area (Å²) >= 11 is 0. The number of ketones is 2. The van der Waals surface area contributed by atoms with Crippen LogP contribution in [0.2, 0.25) is 0 Å². The Kier molecular flexibility index (Phi) is 10.9. The minimum Gasteiger partial charge on any atom is -0.504 e. The number of aromatic hydroxyl groups is 2. The maximum Gasteiger partial charge on any atom is 0.197 e. The normalized spacial score (nSPS) is 29.7. The molecular formula is C38H52N2O12. The lowest BCUT2D eigenvalue weighted by molar-refractivity contribution is -0.123. The van der Waals surface area contributed by atoms with Gasteiger partial charge in [0.05, 0.1) is 28.4 Å². The summed E-state index contributed by atoms with van der Waals surface area (Å²) in [6, 6.07) is 3.97. The molecule has 14 heteroatoms. The fourth-order valence-electron chi connectivity index (χ4n) is 10.7. The van der Waals surface area contributed by atoms with E-state index in [4.69, 9.17) is 18.9 Å². The number of likely N-dealkylation sites (tertiary alicyclic amines) is 2. The van der Waals surface area contributed by atoms with Crippen molar-refractivity contribution in [3.63, 3.8) is 0 Å². The number of allylic oxidation sites excluding steroid dienone is 2. The number of rotatable bonds is 5. The zero-order chi connectivity index (χ0) is 33.9. The highest BCUT2D eigenvalue weighted by atomic mass is 16.5. The van der Waals surface area contributed by atoms with Crippen molar-refractivity contribution in [2.75, 3.05) is 55.6 Å². The Balaban J connectivity index is 0.00000151. The molecule has 14 nitrogen and oxygen atoms in total. The molecule has 2 aromatic carbocycles. The van der Waals surface area contributed by atoms with Crippen molar-refractivity contribution in [2.24, 2.45) is 11.8 Å². The number of nitrogens with zero attached hydrogens (tertiary/aromatic N) is 2. The van der Waals surface area contributed by atoms with Crippen LogP contribution in [0.25, 0.3) is 11.1 Å². The Morgan fingerprint density at radius 1 is 0.635 bits per heavy atom. The smallest absolute Gasteiger partial charge is 0.197 e. The van der Waals surface area contributed by atoms with Crippen molar-refractivity contribution in [1.29, 1.82) is 0 Å². The predicted molar refractivity (Wildman–Crippen MR) is 192 cm³/mol. The van der Waals surface area contributed by atoms with E-state index in [9.17, 15) is 19.8 Å². The van der Waals surface area contributed by atoms with Gasteiger partial charge in [-0.1, -0.05) is 0 Å². The van der Waals surface area contributed by atoms with Crippen molar-refractivity contribution in [3.8, 4) is 34.1 Å². The highest BCUT2D eigenvalue weighted by Crippen LogP contribution is 2.63. The number of benzene rings is 2. The molecule has 8 rings (SSSR count). The van der Waals surface area contributed by atoms with Crippen molar-refractivity contribution >= 4 is 11.6 Å². The Bertz CT molecular complexity index is 1710. The maximum atomic E-state index is 13.5. The monoisotopic (exact) mass is 728 g/mol. The molecule has 2 aliphatic heterocycles. The van der Waals surface area contributed by atoms with Gasteiger partial charge in [-0.3, -0.25) is 9.59 Å². The summed E-state index contributed by atoms with van der Waals surface area (Å²) in [6.45, 7) is 1.59. The topological polar surface area (TPSA) is 244 Å². The Morgan fingerprint density at radius 3 is 1.33 bits per heavy atom. The van der Waals surface area contributed by atoms with E-state index in [0.29, 0.717) is 48.7 Å². The second kappa shape index (κ2) is 14.0. The highest BCUT2D eigenvalue weighted by molar-refractivity contribution is 5.97. The van der Waals surface area contributed by atoms with E-state index in [1.165, 1.54) is 0 Å². The van der Waals surface area contributed by atoms with E-state index < -0.39 is 10.8 Å². The first-order valence-electron chi connectivity index (χ1n) is 16.9. The van der Waals surface area contributed by atoms with Crippen LogP contribution in [0, 0.1) is 11.8 Å². The van der Waals surface area contributed by atoms with Crippen molar-refractivity contribution in [2.45, 2.75) is 61.4 Å². The number of likely N-dealkylation sites (N-methyl/N-ethyl adjacent to an activating group) is 2. The number of carbonyl (C=O) groups excluding carboxylic acids is 2. The molecule has 4 bridgehead atoms. The number of piperidine rings is 2. The number of Topliss-reactive ketones (excluding diaryl/α,β-unsaturated/α-hetero) is 2. The molecule has 52 heavy (non-hydrogen) atoms. The molecule has 0 amide bonds. The van der Waals surface area contributed by atoms with Crippen LogP contribution in [-0.2, 0) is 42.7 Å². The fourth-order valence-corrected chi connectivity index (χ4v) is 10.7. The standard InChI is InChI=1S/C38H44N2O8.4H2O/c1-39-9-7-37-17-27(41)29(45-3)15-23(37)25(39)11-21-19(13-31(47-5)35(43)33(21)37)20-14-32(48-6)36(44)34-22(20)12-26-24-16-30(46-4)28(42)18-38(24,34)8-10-40(26)2;;;;/h13-16,23-26,43-44H,7-12,17-18H2,1-6H3;4*1H2/t23-,24-,25+,26+,37-,38-;;;;/m1..../s1. The molecule has 10 N–H and O–H groups in total. The van der Waals surface area contributed by atoms with Crippen molar-refractivity contribution in [1.82, 2.24) is 9.80 Å². The van der Waals surface area contributed by atoms with Crippen LogP contribution < -0.4 is 9.47 Å². The molecule has 2 saturated heterocycles. The summed E-state index contributed by atoms with van der Waals surface area (Å²) in [7, 11) is 10.4. The predicted octanol–water partition coefficient (Wildman–Crippen LogP) is 0.718. The van der Waals surface area contributed by atoms with Crippen molar-refractivity contribution < 1.29 is 60.7 Å². The summed E-state index contributed by atoms with van der Waals surface area (Å²) in [5.41, 5.74) is 4.05. The second-order valence-corrected chi connectivity index (χ2v) is 14.7. The van der Waals surface area contributed by atoms with Gasteiger partial charge >= 0.3 is 0 Å². The summed E-state index contributed by atoms with van der Waals surface area (Å²) in [4.78, 5) is 31.8. The molecule has 0 aromatic heterocycles. The van der Waals surface area contributed by atoms with Crippen LogP contribution >= 0.6 is 0 Å². The number of methoxy groups -OCH3 is 4. The highest BCUT2D eigenvalue weighted by Gasteiger charge is 2.59. The van der Waals surface area contributed by atoms with Crippen LogP contribution in [0.5, 0.6) is 23.0 Å². The third-order valence-corrected chi connectivity index (χ3v) is 13.0. The number of phenols is 2. The third-order valence-electron chi connectivity index (χ3n) is 13.0. The molecule has 2 fully saturated rings. The molecule has 0 saturated carbocycles. The molecule has 0 unspecified atom stereocenters. The minimum atomic E-state index is -0.629. The number of phenolic OH excluding ortho intramolecular Hbond substituents is 2. The summed E-state index contributed by atoms with van der Waals surface area (Å²) in [5.74, 6) is 1.41. The maximum absolute atomic E-state index is 13.5. The number of hydrogen-bond donors (Lipinski definition) is 2. The molecule has 0 radical (unpaired) electrons. The number of ether oxygens (including phenoxy) is 4. The molecule has 6 atom stereocenters. The van der Waals surface area contributed by atoms with Gasteiger partial charge in [0.2, 0.25) is 0 Å². The van der Waals surface area contributed by atoms with E-state index in [1.54, 1.807) is 28.4 Å². The first kappa shape index (κ1) is 40.6. The average molecular weight is 729 g/mol. The van der Waals surface area contributed by atoms with Crippen LogP contribution in [0.15, 0.2) is 35.8 Å².